The maximum Gasteiger partial charge on any atom is 0.319 e. The summed E-state index contributed by atoms with van der Waals surface area (Å²) in [6, 6.07) is 17.3. The van der Waals surface area contributed by atoms with Crippen molar-refractivity contribution in [1.82, 2.24) is 5.32 Å². The second kappa shape index (κ2) is 6.52. The third kappa shape index (κ3) is 3.58. The molecule has 114 valence electrons. The third-order valence-electron chi connectivity index (χ3n) is 3.89. The highest BCUT2D eigenvalue weighted by atomic mass is 16.5. The van der Waals surface area contributed by atoms with Crippen LogP contribution in [0.1, 0.15) is 24.4 Å². The van der Waals surface area contributed by atoms with Gasteiger partial charge in [0.2, 0.25) is 0 Å². The Kier molecular flexibility index (Phi) is 4.28. The Labute approximate surface area is 130 Å². The average molecular weight is 296 g/mol. The minimum atomic E-state index is -0.168. The Morgan fingerprint density at radius 3 is 2.36 bits per heavy atom. The average Bonchev–Trinajstić information content (AvgIpc) is 3.38. The summed E-state index contributed by atoms with van der Waals surface area (Å²) in [5, 5.41) is 5.96. The minimum absolute atomic E-state index is 0.0506. The predicted molar refractivity (Wildman–Crippen MR) is 87.1 cm³/mol. The van der Waals surface area contributed by atoms with Gasteiger partial charge in [0.15, 0.2) is 0 Å². The number of anilines is 1. The van der Waals surface area contributed by atoms with Crippen LogP contribution in [0.2, 0.25) is 0 Å². The zero-order valence-electron chi connectivity index (χ0n) is 12.6. The molecule has 0 aromatic heterocycles. The molecule has 0 aliphatic heterocycles. The number of hydrogen-bond donors (Lipinski definition) is 2. The number of nitrogens with one attached hydrogen (secondary N) is 2. The van der Waals surface area contributed by atoms with Gasteiger partial charge < -0.3 is 15.4 Å². The zero-order valence-corrected chi connectivity index (χ0v) is 12.6. The predicted octanol–water partition coefficient (Wildman–Crippen LogP) is 3.97. The molecule has 1 atom stereocenters. The first-order chi connectivity index (χ1) is 10.8. The number of carbonyl (C=O) groups excluding carboxylic acids is 1. The van der Waals surface area contributed by atoms with Crippen molar-refractivity contribution < 1.29 is 9.53 Å². The molecule has 1 aliphatic carbocycles. The van der Waals surface area contributed by atoms with Gasteiger partial charge in [-0.1, -0.05) is 30.3 Å². The van der Waals surface area contributed by atoms with Crippen LogP contribution in [0.5, 0.6) is 5.75 Å². The molecule has 1 aliphatic rings. The van der Waals surface area contributed by atoms with Crippen LogP contribution in [-0.2, 0) is 0 Å². The van der Waals surface area contributed by atoms with Crippen molar-refractivity contribution in [2.45, 2.75) is 18.9 Å². The molecule has 2 aromatic rings. The number of methoxy groups -OCH3 is 1. The van der Waals surface area contributed by atoms with Crippen LogP contribution in [0.25, 0.3) is 0 Å². The SMILES string of the molecule is COc1ccc(C(NC(=O)Nc2ccccc2)C2CC2)cc1. The molecule has 22 heavy (non-hydrogen) atoms. The third-order valence-corrected chi connectivity index (χ3v) is 3.89. The van der Waals surface area contributed by atoms with E-state index < -0.39 is 0 Å². The molecule has 1 saturated carbocycles. The van der Waals surface area contributed by atoms with E-state index in [0.717, 1.165) is 29.8 Å². The maximum atomic E-state index is 12.2. The topological polar surface area (TPSA) is 50.4 Å². The molecule has 2 N–H and O–H groups in total. The van der Waals surface area contributed by atoms with Gasteiger partial charge in [-0.3, -0.25) is 0 Å². The van der Waals surface area contributed by atoms with E-state index in [0.29, 0.717) is 5.92 Å². The lowest BCUT2D eigenvalue weighted by atomic mass is 10.0. The van der Waals surface area contributed by atoms with Crippen LogP contribution in [0.3, 0.4) is 0 Å². The van der Waals surface area contributed by atoms with Gasteiger partial charge in [0.05, 0.1) is 13.2 Å². The van der Waals surface area contributed by atoms with Gasteiger partial charge in [-0.2, -0.15) is 0 Å². The van der Waals surface area contributed by atoms with Crippen LogP contribution < -0.4 is 15.4 Å². The maximum absolute atomic E-state index is 12.2. The van der Waals surface area contributed by atoms with E-state index in [2.05, 4.69) is 10.6 Å². The Bertz CT molecular complexity index is 621. The number of amides is 2. The summed E-state index contributed by atoms with van der Waals surface area (Å²) in [6.07, 6.45) is 2.31. The van der Waals surface area contributed by atoms with Gasteiger partial charge in [-0.15, -0.1) is 0 Å². The monoisotopic (exact) mass is 296 g/mol. The van der Waals surface area contributed by atoms with Crippen molar-refractivity contribution in [3.8, 4) is 5.75 Å². The van der Waals surface area contributed by atoms with Gasteiger partial charge in [-0.05, 0) is 48.6 Å². The Hall–Kier alpha value is -2.49. The van der Waals surface area contributed by atoms with Crippen LogP contribution in [0.15, 0.2) is 54.6 Å². The molecule has 4 nitrogen and oxygen atoms in total. The first kappa shape index (κ1) is 14.4. The quantitative estimate of drug-likeness (QED) is 0.877. The van der Waals surface area contributed by atoms with Gasteiger partial charge in [0.25, 0.3) is 0 Å². The van der Waals surface area contributed by atoms with Gasteiger partial charge in [0.1, 0.15) is 5.75 Å². The molecule has 3 rings (SSSR count). The molecule has 2 aromatic carbocycles. The summed E-state index contributed by atoms with van der Waals surface area (Å²) < 4.78 is 5.19. The molecule has 0 heterocycles. The lowest BCUT2D eigenvalue weighted by Crippen LogP contribution is -2.33. The number of urea groups is 1. The van der Waals surface area contributed by atoms with Crippen molar-refractivity contribution >= 4 is 11.7 Å². The number of hydrogen-bond acceptors (Lipinski definition) is 2. The van der Waals surface area contributed by atoms with Crippen molar-refractivity contribution in [1.29, 1.82) is 0 Å². The highest BCUT2D eigenvalue weighted by molar-refractivity contribution is 5.89. The molecular weight excluding hydrogens is 276 g/mol. The van der Waals surface area contributed by atoms with Gasteiger partial charge in [0, 0.05) is 5.69 Å². The normalized spacial score (nSPS) is 15.0. The molecular formula is C18H20N2O2. The van der Waals surface area contributed by atoms with Crippen LogP contribution in [-0.4, -0.2) is 13.1 Å². The molecule has 0 radical (unpaired) electrons. The van der Waals surface area contributed by atoms with Crippen LogP contribution in [0.4, 0.5) is 10.5 Å². The lowest BCUT2D eigenvalue weighted by molar-refractivity contribution is 0.247. The van der Waals surface area contributed by atoms with Crippen molar-refractivity contribution in [2.75, 3.05) is 12.4 Å². The fourth-order valence-corrected chi connectivity index (χ4v) is 2.54. The van der Waals surface area contributed by atoms with Crippen LogP contribution in [0, 0.1) is 5.92 Å². The van der Waals surface area contributed by atoms with E-state index in [9.17, 15) is 4.79 Å². The van der Waals surface area contributed by atoms with E-state index in [1.807, 2.05) is 54.6 Å². The van der Waals surface area contributed by atoms with Crippen LogP contribution >= 0.6 is 0 Å². The number of para-hydroxylation sites is 1. The zero-order chi connectivity index (χ0) is 15.4. The molecule has 0 spiro atoms. The first-order valence-electron chi connectivity index (χ1n) is 7.53. The summed E-state index contributed by atoms with van der Waals surface area (Å²) in [7, 11) is 1.65. The van der Waals surface area contributed by atoms with E-state index in [1.54, 1.807) is 7.11 Å². The first-order valence-corrected chi connectivity index (χ1v) is 7.53. The summed E-state index contributed by atoms with van der Waals surface area (Å²) in [6.45, 7) is 0. The van der Waals surface area contributed by atoms with E-state index in [-0.39, 0.29) is 12.1 Å². The van der Waals surface area contributed by atoms with E-state index in [1.165, 1.54) is 0 Å². The number of carbonyl (C=O) groups is 1. The highest BCUT2D eigenvalue weighted by Gasteiger charge is 2.33. The molecule has 2 amide bonds. The Balaban J connectivity index is 1.67. The second-order valence-electron chi connectivity index (χ2n) is 5.55. The number of benzene rings is 2. The standard InChI is InChI=1S/C18H20N2O2/c1-22-16-11-9-14(10-12-16)17(13-7-8-13)20-18(21)19-15-5-3-2-4-6-15/h2-6,9-13,17H,7-8H2,1H3,(H2,19,20,21). The summed E-state index contributed by atoms with van der Waals surface area (Å²) >= 11 is 0. The second-order valence-corrected chi connectivity index (χ2v) is 5.55. The molecule has 0 bridgehead atoms. The summed E-state index contributed by atoms with van der Waals surface area (Å²) in [5.41, 5.74) is 1.91. The molecule has 1 fully saturated rings. The Morgan fingerprint density at radius 1 is 1.09 bits per heavy atom. The minimum Gasteiger partial charge on any atom is -0.497 e. The molecule has 1 unspecified atom stereocenters. The fraction of sp³-hybridized carbons (Fsp3) is 0.278. The summed E-state index contributed by atoms with van der Waals surface area (Å²) in [5.74, 6) is 1.35. The smallest absolute Gasteiger partial charge is 0.319 e. The lowest BCUT2D eigenvalue weighted by Gasteiger charge is -2.19. The molecule has 4 heteroatoms. The van der Waals surface area contributed by atoms with Gasteiger partial charge in [-0.25, -0.2) is 4.79 Å². The van der Waals surface area contributed by atoms with Crippen molar-refractivity contribution in [3.63, 3.8) is 0 Å². The van der Waals surface area contributed by atoms with Gasteiger partial charge >= 0.3 is 6.03 Å². The fourth-order valence-electron chi connectivity index (χ4n) is 2.54. The van der Waals surface area contributed by atoms with Crippen molar-refractivity contribution in [3.05, 3.63) is 60.2 Å². The van der Waals surface area contributed by atoms with Crippen molar-refractivity contribution in [2.24, 2.45) is 5.92 Å². The highest BCUT2D eigenvalue weighted by Crippen LogP contribution is 2.41. The van der Waals surface area contributed by atoms with E-state index >= 15 is 0 Å². The van der Waals surface area contributed by atoms with E-state index in [4.69, 9.17) is 4.74 Å². The largest absolute Gasteiger partial charge is 0.497 e. The number of rotatable bonds is 5. The Morgan fingerprint density at radius 2 is 1.77 bits per heavy atom. The summed E-state index contributed by atoms with van der Waals surface area (Å²) in [4.78, 5) is 12.2. The molecule has 0 saturated heterocycles. The number of ether oxygens (including phenoxy) is 1.